The van der Waals surface area contributed by atoms with E-state index in [9.17, 15) is 13.6 Å². The predicted octanol–water partition coefficient (Wildman–Crippen LogP) is 1.70. The zero-order chi connectivity index (χ0) is 16.3. The van der Waals surface area contributed by atoms with Crippen molar-refractivity contribution in [2.24, 2.45) is 0 Å². The van der Waals surface area contributed by atoms with Crippen LogP contribution in [0, 0.1) is 0 Å². The first kappa shape index (κ1) is 15.5. The topological polar surface area (TPSA) is 69.0 Å². The number of aromatic nitrogens is 3. The fourth-order valence-electron chi connectivity index (χ4n) is 2.55. The van der Waals surface area contributed by atoms with Crippen molar-refractivity contribution >= 4 is 5.91 Å². The van der Waals surface area contributed by atoms with Gasteiger partial charge in [0.25, 0.3) is 12.3 Å². The van der Waals surface area contributed by atoms with Gasteiger partial charge >= 0.3 is 0 Å². The number of carbonyl (C=O) groups excluding carboxylic acids is 1. The predicted molar refractivity (Wildman–Crippen MR) is 77.1 cm³/mol. The molecule has 2 aromatic rings. The first-order chi connectivity index (χ1) is 11.1. The van der Waals surface area contributed by atoms with Gasteiger partial charge in [-0.3, -0.25) is 4.79 Å². The first-order valence-electron chi connectivity index (χ1n) is 7.26. The van der Waals surface area contributed by atoms with Crippen molar-refractivity contribution in [1.29, 1.82) is 0 Å². The molecule has 1 aliphatic heterocycles. The summed E-state index contributed by atoms with van der Waals surface area (Å²) in [5.41, 5.74) is -0.383. The minimum absolute atomic E-state index is 0.0434. The minimum Gasteiger partial charge on any atom is -0.360 e. The van der Waals surface area contributed by atoms with Crippen LogP contribution in [0.15, 0.2) is 36.9 Å². The monoisotopic (exact) mass is 322 g/mol. The fraction of sp³-hybridized carbons (Fsp3) is 0.400. The number of amides is 1. The van der Waals surface area contributed by atoms with Crippen LogP contribution in [0.1, 0.15) is 18.4 Å². The van der Waals surface area contributed by atoms with Crippen LogP contribution in [-0.2, 0) is 16.1 Å². The average Bonchev–Trinajstić information content (AvgIpc) is 3.25. The lowest BCUT2D eigenvalue weighted by molar-refractivity contribution is -0.160. The third-order valence-electron chi connectivity index (χ3n) is 3.86. The largest absolute Gasteiger partial charge is 0.360 e. The van der Waals surface area contributed by atoms with Crippen molar-refractivity contribution in [2.75, 3.05) is 6.61 Å². The number of carbonyl (C=O) groups is 1. The number of alkyl halides is 2. The van der Waals surface area contributed by atoms with Gasteiger partial charge in [0.2, 0.25) is 5.60 Å². The summed E-state index contributed by atoms with van der Waals surface area (Å²) in [6.07, 6.45) is 0.673. The number of nitrogens with zero attached hydrogens (tertiary/aromatic N) is 3. The average molecular weight is 322 g/mol. The molecule has 1 aromatic carbocycles. The standard InChI is InChI=1S/C15H16F2N4O2/c16-13(17)15(6-1-7-23-15)14(22)19-8-11-2-4-12(5-3-11)21-10-18-9-20-21/h2-5,9-10,13H,1,6-8H2,(H,19,22). The molecule has 23 heavy (non-hydrogen) atoms. The summed E-state index contributed by atoms with van der Waals surface area (Å²) in [4.78, 5) is 16.0. The maximum Gasteiger partial charge on any atom is 0.276 e. The van der Waals surface area contributed by atoms with E-state index in [1.54, 1.807) is 23.1 Å². The molecule has 1 aromatic heterocycles. The molecule has 2 heterocycles. The van der Waals surface area contributed by atoms with E-state index < -0.39 is 17.9 Å². The van der Waals surface area contributed by atoms with Crippen LogP contribution >= 0.6 is 0 Å². The van der Waals surface area contributed by atoms with Gasteiger partial charge in [-0.1, -0.05) is 12.1 Å². The Morgan fingerprint density at radius 3 is 2.74 bits per heavy atom. The van der Waals surface area contributed by atoms with Gasteiger partial charge in [0, 0.05) is 13.2 Å². The van der Waals surface area contributed by atoms with Crippen LogP contribution < -0.4 is 5.32 Å². The van der Waals surface area contributed by atoms with Crippen molar-refractivity contribution in [3.05, 3.63) is 42.5 Å². The highest BCUT2D eigenvalue weighted by Gasteiger charge is 2.50. The van der Waals surface area contributed by atoms with E-state index in [1.165, 1.54) is 6.33 Å². The number of ether oxygens (including phenoxy) is 1. The number of rotatable bonds is 5. The van der Waals surface area contributed by atoms with Crippen LogP contribution in [-0.4, -0.2) is 39.3 Å². The molecular weight excluding hydrogens is 306 g/mol. The maximum absolute atomic E-state index is 13.2. The molecule has 1 saturated heterocycles. The SMILES string of the molecule is O=C(NCc1ccc(-n2cncn2)cc1)C1(C(F)F)CCCO1. The van der Waals surface area contributed by atoms with Gasteiger partial charge in [0.05, 0.1) is 5.69 Å². The van der Waals surface area contributed by atoms with Crippen LogP contribution in [0.3, 0.4) is 0 Å². The summed E-state index contributed by atoms with van der Waals surface area (Å²) < 4.78 is 33.0. The molecule has 8 heteroatoms. The van der Waals surface area contributed by atoms with Crippen molar-refractivity contribution in [3.8, 4) is 5.69 Å². The van der Waals surface area contributed by atoms with Gasteiger partial charge in [-0.2, -0.15) is 5.10 Å². The summed E-state index contributed by atoms with van der Waals surface area (Å²) in [6, 6.07) is 7.21. The van der Waals surface area contributed by atoms with Crippen molar-refractivity contribution in [2.45, 2.75) is 31.4 Å². The first-order valence-corrected chi connectivity index (χ1v) is 7.26. The molecule has 0 bridgehead atoms. The highest BCUT2D eigenvalue weighted by molar-refractivity contribution is 5.86. The van der Waals surface area contributed by atoms with Gasteiger partial charge < -0.3 is 10.1 Å². The third-order valence-corrected chi connectivity index (χ3v) is 3.86. The summed E-state index contributed by atoms with van der Waals surface area (Å²) in [5, 5.41) is 6.55. The number of hydrogen-bond acceptors (Lipinski definition) is 4. The van der Waals surface area contributed by atoms with Crippen LogP contribution in [0.25, 0.3) is 5.69 Å². The quantitative estimate of drug-likeness (QED) is 0.910. The van der Waals surface area contributed by atoms with E-state index >= 15 is 0 Å². The van der Waals surface area contributed by atoms with E-state index in [-0.39, 0.29) is 19.6 Å². The second-order valence-corrected chi connectivity index (χ2v) is 5.33. The van der Waals surface area contributed by atoms with E-state index in [0.717, 1.165) is 11.3 Å². The Kier molecular flexibility index (Phi) is 4.33. The Bertz CT molecular complexity index is 653. The summed E-state index contributed by atoms with van der Waals surface area (Å²) in [7, 11) is 0. The van der Waals surface area contributed by atoms with Gasteiger partial charge in [-0.15, -0.1) is 0 Å². The number of benzene rings is 1. The Labute approximate surface area is 131 Å². The molecule has 1 fully saturated rings. The van der Waals surface area contributed by atoms with Crippen molar-refractivity contribution in [1.82, 2.24) is 20.1 Å². The van der Waals surface area contributed by atoms with E-state index in [0.29, 0.717) is 6.42 Å². The second kappa shape index (κ2) is 6.41. The highest BCUT2D eigenvalue weighted by atomic mass is 19.3. The molecule has 3 rings (SSSR count). The molecule has 0 aliphatic carbocycles. The summed E-state index contributed by atoms with van der Waals surface area (Å²) in [5.74, 6) is -0.759. The zero-order valence-corrected chi connectivity index (χ0v) is 12.3. The number of halogens is 2. The van der Waals surface area contributed by atoms with Crippen molar-refractivity contribution in [3.63, 3.8) is 0 Å². The molecule has 0 spiro atoms. The Hall–Kier alpha value is -2.35. The van der Waals surface area contributed by atoms with Crippen LogP contribution in [0.5, 0.6) is 0 Å². The smallest absolute Gasteiger partial charge is 0.276 e. The molecule has 1 aliphatic rings. The van der Waals surface area contributed by atoms with E-state index in [2.05, 4.69) is 15.4 Å². The molecule has 1 amide bonds. The number of hydrogen-bond donors (Lipinski definition) is 1. The molecule has 1 N–H and O–H groups in total. The van der Waals surface area contributed by atoms with E-state index in [1.807, 2.05) is 12.1 Å². The Balaban J connectivity index is 1.63. The van der Waals surface area contributed by atoms with Gasteiger partial charge in [0.1, 0.15) is 12.7 Å². The zero-order valence-electron chi connectivity index (χ0n) is 12.3. The molecule has 6 nitrogen and oxygen atoms in total. The third kappa shape index (κ3) is 3.07. The van der Waals surface area contributed by atoms with E-state index in [4.69, 9.17) is 4.74 Å². The highest BCUT2D eigenvalue weighted by Crippen LogP contribution is 2.32. The Morgan fingerprint density at radius 1 is 1.39 bits per heavy atom. The fourth-order valence-corrected chi connectivity index (χ4v) is 2.55. The molecule has 0 saturated carbocycles. The van der Waals surface area contributed by atoms with Gasteiger partial charge in [0.15, 0.2) is 0 Å². The maximum atomic E-state index is 13.2. The van der Waals surface area contributed by atoms with Crippen LogP contribution in [0.4, 0.5) is 8.78 Å². The molecule has 122 valence electrons. The number of nitrogens with one attached hydrogen (secondary N) is 1. The van der Waals surface area contributed by atoms with Crippen molar-refractivity contribution < 1.29 is 18.3 Å². The lowest BCUT2D eigenvalue weighted by Gasteiger charge is -2.25. The minimum atomic E-state index is -2.83. The molecule has 0 radical (unpaired) electrons. The van der Waals surface area contributed by atoms with Gasteiger partial charge in [-0.05, 0) is 30.5 Å². The lowest BCUT2D eigenvalue weighted by atomic mass is 9.99. The normalized spacial score (nSPS) is 20.8. The summed E-state index contributed by atoms with van der Waals surface area (Å²) >= 11 is 0. The molecule has 1 atom stereocenters. The summed E-state index contributed by atoms with van der Waals surface area (Å²) in [6.45, 7) is 0.346. The second-order valence-electron chi connectivity index (χ2n) is 5.33. The molecular formula is C15H16F2N4O2. The van der Waals surface area contributed by atoms with Crippen LogP contribution in [0.2, 0.25) is 0 Å². The lowest BCUT2D eigenvalue weighted by Crippen LogP contribution is -2.51. The molecule has 1 unspecified atom stereocenters. The van der Waals surface area contributed by atoms with Gasteiger partial charge in [-0.25, -0.2) is 18.4 Å². The Morgan fingerprint density at radius 2 is 2.17 bits per heavy atom.